The van der Waals surface area contributed by atoms with Crippen LogP contribution in [0, 0.1) is 13.8 Å². The van der Waals surface area contributed by atoms with Crippen molar-refractivity contribution in [1.29, 1.82) is 0 Å². The van der Waals surface area contributed by atoms with Gasteiger partial charge in [0.2, 0.25) is 0 Å². The number of amides is 2. The molecule has 2 N–H and O–H groups in total. The molecule has 1 fully saturated rings. The lowest BCUT2D eigenvalue weighted by molar-refractivity contribution is -0.139. The summed E-state index contributed by atoms with van der Waals surface area (Å²) in [7, 11) is 0. The molecular weight excluding hydrogens is 342 g/mol. The Kier molecular flexibility index (Phi) is 5.85. The van der Waals surface area contributed by atoms with Crippen LogP contribution in [0.25, 0.3) is 0 Å². The number of carbonyl (C=O) groups excluding carboxylic acids is 2. The Labute approximate surface area is 161 Å². The third kappa shape index (κ3) is 4.33. The van der Waals surface area contributed by atoms with Crippen LogP contribution in [0.4, 0.5) is 4.79 Å². The molecule has 2 aliphatic rings. The van der Waals surface area contributed by atoms with E-state index < -0.39 is 0 Å². The maximum atomic E-state index is 12.5. The Hall–Kier alpha value is -2.34. The van der Waals surface area contributed by atoms with Gasteiger partial charge in [-0.05, 0) is 52.6 Å². The molecule has 1 aromatic carbocycles. The molecule has 0 radical (unpaired) electrons. The Bertz CT molecular complexity index is 752. The highest BCUT2D eigenvalue weighted by molar-refractivity contribution is 5.94. The van der Waals surface area contributed by atoms with Gasteiger partial charge in [0.15, 0.2) is 0 Å². The van der Waals surface area contributed by atoms with Gasteiger partial charge in [0.1, 0.15) is 0 Å². The molecule has 2 atom stereocenters. The highest BCUT2D eigenvalue weighted by atomic mass is 16.5. The fraction of sp³-hybridized carbons (Fsp3) is 0.524. The number of hydrogen-bond acceptors (Lipinski definition) is 4. The van der Waals surface area contributed by atoms with Gasteiger partial charge in [-0.1, -0.05) is 29.3 Å². The molecular formula is C21H29N3O3. The van der Waals surface area contributed by atoms with Crippen LogP contribution >= 0.6 is 0 Å². The molecule has 1 saturated heterocycles. The van der Waals surface area contributed by atoms with Gasteiger partial charge >= 0.3 is 12.0 Å². The highest BCUT2D eigenvalue weighted by Crippen LogP contribution is 2.33. The molecule has 1 aromatic rings. The predicted octanol–water partition coefficient (Wildman–Crippen LogP) is 2.96. The largest absolute Gasteiger partial charge is 0.463 e. The van der Waals surface area contributed by atoms with Crippen LogP contribution in [0.1, 0.15) is 49.4 Å². The lowest BCUT2D eigenvalue weighted by Crippen LogP contribution is -2.51. The number of ether oxygens (including phenoxy) is 1. The second-order valence-corrected chi connectivity index (χ2v) is 7.48. The Morgan fingerprint density at radius 3 is 2.63 bits per heavy atom. The summed E-state index contributed by atoms with van der Waals surface area (Å²) in [6.45, 7) is 9.62. The molecule has 2 heterocycles. The number of urea groups is 1. The van der Waals surface area contributed by atoms with E-state index >= 15 is 0 Å². The van der Waals surface area contributed by atoms with Crippen molar-refractivity contribution in [3.05, 3.63) is 46.2 Å². The summed E-state index contributed by atoms with van der Waals surface area (Å²) in [5.41, 5.74) is 4.99. The first-order valence-electron chi connectivity index (χ1n) is 9.69. The summed E-state index contributed by atoms with van der Waals surface area (Å²) in [5.74, 6) is -0.366. The van der Waals surface area contributed by atoms with Crippen LogP contribution in [-0.2, 0) is 9.53 Å². The zero-order chi connectivity index (χ0) is 19.6. The van der Waals surface area contributed by atoms with Crippen LogP contribution in [-0.4, -0.2) is 42.6 Å². The molecule has 0 saturated carbocycles. The molecule has 2 amide bonds. The maximum Gasteiger partial charge on any atom is 0.337 e. The number of rotatable bonds is 5. The smallest absolute Gasteiger partial charge is 0.337 e. The van der Waals surface area contributed by atoms with Crippen molar-refractivity contribution in [2.24, 2.45) is 0 Å². The molecule has 0 aliphatic carbocycles. The molecule has 6 heteroatoms. The summed E-state index contributed by atoms with van der Waals surface area (Å²) in [6.07, 6.45) is 2.17. The first-order chi connectivity index (χ1) is 12.9. The Morgan fingerprint density at radius 2 is 1.96 bits per heavy atom. The van der Waals surface area contributed by atoms with E-state index in [1.807, 2.05) is 6.92 Å². The summed E-state index contributed by atoms with van der Waals surface area (Å²) in [4.78, 5) is 26.8. The molecule has 6 nitrogen and oxygen atoms in total. The number of hydrogen-bond donors (Lipinski definition) is 2. The molecule has 3 rings (SSSR count). The number of aryl methyl sites for hydroxylation is 2. The third-order valence-corrected chi connectivity index (χ3v) is 5.22. The topological polar surface area (TPSA) is 70.7 Å². The van der Waals surface area contributed by atoms with E-state index in [1.165, 1.54) is 16.7 Å². The number of likely N-dealkylation sites (tertiary alicyclic amines) is 1. The van der Waals surface area contributed by atoms with Crippen LogP contribution < -0.4 is 10.6 Å². The van der Waals surface area contributed by atoms with E-state index in [9.17, 15) is 9.59 Å². The van der Waals surface area contributed by atoms with Crippen molar-refractivity contribution in [3.63, 3.8) is 0 Å². The minimum Gasteiger partial charge on any atom is -0.463 e. The fourth-order valence-electron chi connectivity index (χ4n) is 4.20. The Morgan fingerprint density at radius 1 is 1.26 bits per heavy atom. The summed E-state index contributed by atoms with van der Waals surface area (Å²) in [6, 6.07) is 6.31. The van der Waals surface area contributed by atoms with Gasteiger partial charge in [0, 0.05) is 18.3 Å². The Balaban J connectivity index is 1.88. The third-order valence-electron chi connectivity index (χ3n) is 5.22. The van der Waals surface area contributed by atoms with Gasteiger partial charge in [-0.25, -0.2) is 9.59 Å². The first-order valence-corrected chi connectivity index (χ1v) is 9.69. The molecule has 0 bridgehead atoms. The predicted molar refractivity (Wildman–Crippen MR) is 104 cm³/mol. The van der Waals surface area contributed by atoms with E-state index in [-0.39, 0.29) is 18.0 Å². The second kappa shape index (κ2) is 8.13. The van der Waals surface area contributed by atoms with Gasteiger partial charge in [0.05, 0.1) is 18.2 Å². The minimum absolute atomic E-state index is 0.271. The molecule has 2 unspecified atom stereocenters. The number of nitrogens with one attached hydrogen (secondary N) is 2. The van der Waals surface area contributed by atoms with Crippen molar-refractivity contribution in [1.82, 2.24) is 15.5 Å². The second-order valence-electron chi connectivity index (χ2n) is 7.48. The van der Waals surface area contributed by atoms with Gasteiger partial charge in [0.25, 0.3) is 0 Å². The molecule has 146 valence electrons. The van der Waals surface area contributed by atoms with Gasteiger partial charge in [-0.15, -0.1) is 0 Å². The van der Waals surface area contributed by atoms with E-state index in [4.69, 9.17) is 4.74 Å². The van der Waals surface area contributed by atoms with Crippen LogP contribution in [0.5, 0.6) is 0 Å². The number of esters is 1. The lowest BCUT2D eigenvalue weighted by atomic mass is 9.99. The quantitative estimate of drug-likeness (QED) is 0.781. The summed E-state index contributed by atoms with van der Waals surface area (Å²) >= 11 is 0. The fourth-order valence-corrected chi connectivity index (χ4v) is 4.20. The van der Waals surface area contributed by atoms with E-state index in [2.05, 4.69) is 47.6 Å². The SMILES string of the molecule is CCOC(=O)C1=C(CN2CCCC2c2cc(C)cc(C)c2)NC(=O)NC1C. The van der Waals surface area contributed by atoms with Crippen molar-refractivity contribution < 1.29 is 14.3 Å². The minimum atomic E-state index is -0.366. The zero-order valence-corrected chi connectivity index (χ0v) is 16.6. The van der Waals surface area contributed by atoms with Gasteiger partial charge in [-0.2, -0.15) is 0 Å². The lowest BCUT2D eigenvalue weighted by Gasteiger charge is -2.31. The van der Waals surface area contributed by atoms with Crippen molar-refractivity contribution in [2.45, 2.75) is 52.6 Å². The highest BCUT2D eigenvalue weighted by Gasteiger charge is 2.33. The number of carbonyl (C=O) groups is 2. The van der Waals surface area contributed by atoms with Crippen LogP contribution in [0.2, 0.25) is 0 Å². The monoisotopic (exact) mass is 371 g/mol. The summed E-state index contributed by atoms with van der Waals surface area (Å²) in [5, 5.41) is 5.60. The van der Waals surface area contributed by atoms with Crippen LogP contribution in [0.3, 0.4) is 0 Å². The van der Waals surface area contributed by atoms with Gasteiger partial charge in [-0.3, -0.25) is 4.90 Å². The zero-order valence-electron chi connectivity index (χ0n) is 16.6. The molecule has 2 aliphatic heterocycles. The first kappa shape index (κ1) is 19.4. The average molecular weight is 371 g/mol. The van der Waals surface area contributed by atoms with E-state index in [0.717, 1.165) is 19.4 Å². The van der Waals surface area contributed by atoms with Crippen LogP contribution in [0.15, 0.2) is 29.5 Å². The standard InChI is InChI=1S/C21H29N3O3/c1-5-27-20(25)19-15(4)22-21(26)23-17(19)12-24-8-6-7-18(24)16-10-13(2)9-14(3)11-16/h9-11,15,18H,5-8,12H2,1-4H3,(H2,22,23,26). The maximum absolute atomic E-state index is 12.5. The molecule has 0 spiro atoms. The summed E-state index contributed by atoms with van der Waals surface area (Å²) < 4.78 is 5.22. The number of nitrogens with zero attached hydrogens (tertiary/aromatic N) is 1. The molecule has 0 aromatic heterocycles. The average Bonchev–Trinajstić information content (AvgIpc) is 3.01. The van der Waals surface area contributed by atoms with E-state index in [1.54, 1.807) is 6.92 Å². The van der Waals surface area contributed by atoms with Crippen molar-refractivity contribution in [3.8, 4) is 0 Å². The van der Waals surface area contributed by atoms with Crippen molar-refractivity contribution >= 4 is 12.0 Å². The van der Waals surface area contributed by atoms with Gasteiger partial charge < -0.3 is 15.4 Å². The van der Waals surface area contributed by atoms with Crippen molar-refractivity contribution in [2.75, 3.05) is 19.7 Å². The molecule has 27 heavy (non-hydrogen) atoms. The van der Waals surface area contributed by atoms with E-state index in [0.29, 0.717) is 30.5 Å². The normalized spacial score (nSPS) is 23.2. The number of benzene rings is 1.